The van der Waals surface area contributed by atoms with Gasteiger partial charge in [0.1, 0.15) is 17.5 Å². The zero-order chi connectivity index (χ0) is 14.4. The summed E-state index contributed by atoms with van der Waals surface area (Å²) in [4.78, 5) is 19.7. The van der Waals surface area contributed by atoms with Crippen LogP contribution in [0.3, 0.4) is 0 Å². The summed E-state index contributed by atoms with van der Waals surface area (Å²) >= 11 is 3.41. The Hall–Kier alpha value is -2.40. The fourth-order valence-electron chi connectivity index (χ4n) is 2.54. The number of nitrogens with one attached hydrogen (secondary N) is 1. The van der Waals surface area contributed by atoms with E-state index in [1.54, 1.807) is 6.33 Å². The molecule has 0 aliphatic rings. The van der Waals surface area contributed by atoms with Crippen molar-refractivity contribution in [2.75, 3.05) is 0 Å². The minimum absolute atomic E-state index is 0.135. The molecule has 4 nitrogen and oxygen atoms in total. The first kappa shape index (κ1) is 12.3. The number of nitrogens with zero attached hydrogens (tertiary/aromatic N) is 2. The monoisotopic (exact) mass is 339 g/mol. The summed E-state index contributed by atoms with van der Waals surface area (Å²) in [5, 5.41) is 0. The zero-order valence-corrected chi connectivity index (χ0v) is 12.5. The number of rotatable bonds is 1. The molecule has 0 amide bonds. The first-order valence-corrected chi connectivity index (χ1v) is 7.27. The molecule has 2 aromatic heterocycles. The largest absolute Gasteiger partial charge is 0.319 e. The van der Waals surface area contributed by atoms with E-state index in [1.165, 1.54) is 0 Å². The van der Waals surface area contributed by atoms with Gasteiger partial charge in [0.2, 0.25) is 0 Å². The van der Waals surface area contributed by atoms with Crippen LogP contribution in [0, 0.1) is 0 Å². The summed E-state index contributed by atoms with van der Waals surface area (Å²) in [6.07, 6.45) is 1.70. The molecule has 0 bridgehead atoms. The molecule has 0 aliphatic carbocycles. The van der Waals surface area contributed by atoms with Crippen LogP contribution in [0.25, 0.3) is 27.8 Å². The molecule has 0 spiro atoms. The van der Waals surface area contributed by atoms with Crippen molar-refractivity contribution in [2.24, 2.45) is 0 Å². The molecular formula is C16H10BrN3O. The molecule has 0 saturated carbocycles. The highest BCUT2D eigenvalue weighted by Gasteiger charge is 2.12. The molecule has 21 heavy (non-hydrogen) atoms. The van der Waals surface area contributed by atoms with Gasteiger partial charge in [0.25, 0.3) is 5.56 Å². The second kappa shape index (κ2) is 4.56. The number of imidazole rings is 1. The third kappa shape index (κ3) is 1.89. The molecule has 1 N–H and O–H groups in total. The molecule has 2 heterocycles. The van der Waals surface area contributed by atoms with E-state index in [1.807, 2.05) is 52.9 Å². The number of hydrogen-bond donors (Lipinski definition) is 1. The summed E-state index contributed by atoms with van der Waals surface area (Å²) in [5.41, 5.74) is 3.77. The molecule has 0 aliphatic heterocycles. The Balaban J connectivity index is 2.11. The predicted molar refractivity (Wildman–Crippen MR) is 86.5 cm³/mol. The number of benzene rings is 2. The maximum Gasteiger partial charge on any atom is 0.275 e. The molecule has 5 heteroatoms. The Morgan fingerprint density at radius 1 is 1.05 bits per heavy atom. The highest BCUT2D eigenvalue weighted by molar-refractivity contribution is 9.10. The second-order valence-corrected chi connectivity index (χ2v) is 5.71. The van der Waals surface area contributed by atoms with Crippen molar-refractivity contribution in [3.05, 3.63) is 69.7 Å². The van der Waals surface area contributed by atoms with E-state index in [2.05, 4.69) is 25.9 Å². The molecule has 2 aromatic carbocycles. The van der Waals surface area contributed by atoms with Gasteiger partial charge in [-0.15, -0.1) is 0 Å². The maximum absolute atomic E-state index is 12.4. The fourth-order valence-corrected chi connectivity index (χ4v) is 2.80. The summed E-state index contributed by atoms with van der Waals surface area (Å²) < 4.78 is 2.83. The van der Waals surface area contributed by atoms with E-state index in [-0.39, 0.29) is 5.56 Å². The Bertz CT molecular complexity index is 1020. The molecule has 0 saturated heterocycles. The van der Waals surface area contributed by atoms with E-state index in [0.29, 0.717) is 11.2 Å². The van der Waals surface area contributed by atoms with Crippen LogP contribution in [-0.2, 0) is 0 Å². The molecule has 0 fully saturated rings. The van der Waals surface area contributed by atoms with Gasteiger partial charge >= 0.3 is 0 Å². The normalized spacial score (nSPS) is 11.3. The van der Waals surface area contributed by atoms with Crippen LogP contribution in [0.15, 0.2) is 64.1 Å². The molecule has 0 unspecified atom stereocenters. The number of aromatic amines is 1. The SMILES string of the molecule is O=c1[nH]c2ccccc2n2cnc(-c3ccc(Br)cc3)c12. The third-order valence-electron chi connectivity index (χ3n) is 3.51. The van der Waals surface area contributed by atoms with E-state index in [0.717, 1.165) is 21.1 Å². The predicted octanol–water partition coefficient (Wildman–Crippen LogP) is 3.61. The summed E-state index contributed by atoms with van der Waals surface area (Å²) in [6, 6.07) is 15.5. The van der Waals surface area contributed by atoms with Gasteiger partial charge in [-0.25, -0.2) is 4.98 Å². The molecule has 4 rings (SSSR count). The number of halogens is 1. The van der Waals surface area contributed by atoms with Gasteiger partial charge in [0.05, 0.1) is 11.0 Å². The topological polar surface area (TPSA) is 50.2 Å². The first-order valence-electron chi connectivity index (χ1n) is 6.48. The number of hydrogen-bond acceptors (Lipinski definition) is 2. The highest BCUT2D eigenvalue weighted by Crippen LogP contribution is 2.24. The third-order valence-corrected chi connectivity index (χ3v) is 4.04. The van der Waals surface area contributed by atoms with Crippen molar-refractivity contribution in [1.29, 1.82) is 0 Å². The van der Waals surface area contributed by atoms with Gasteiger partial charge in [-0.05, 0) is 24.3 Å². The first-order chi connectivity index (χ1) is 10.2. The van der Waals surface area contributed by atoms with Crippen molar-refractivity contribution < 1.29 is 0 Å². The zero-order valence-electron chi connectivity index (χ0n) is 10.9. The average molecular weight is 340 g/mol. The van der Waals surface area contributed by atoms with Crippen LogP contribution >= 0.6 is 15.9 Å². The number of para-hydroxylation sites is 2. The number of aromatic nitrogens is 3. The van der Waals surface area contributed by atoms with Crippen LogP contribution in [0.2, 0.25) is 0 Å². The molecular weight excluding hydrogens is 330 g/mol. The van der Waals surface area contributed by atoms with Crippen molar-refractivity contribution >= 4 is 32.5 Å². The molecule has 102 valence electrons. The van der Waals surface area contributed by atoms with E-state index < -0.39 is 0 Å². The van der Waals surface area contributed by atoms with E-state index in [9.17, 15) is 4.79 Å². The lowest BCUT2D eigenvalue weighted by atomic mass is 10.1. The van der Waals surface area contributed by atoms with Gasteiger partial charge in [0.15, 0.2) is 0 Å². The lowest BCUT2D eigenvalue weighted by molar-refractivity contribution is 1.16. The maximum atomic E-state index is 12.4. The summed E-state index contributed by atoms with van der Waals surface area (Å²) in [7, 11) is 0. The van der Waals surface area contributed by atoms with Gasteiger partial charge in [0, 0.05) is 10.0 Å². The van der Waals surface area contributed by atoms with Crippen LogP contribution in [0.4, 0.5) is 0 Å². The Kier molecular flexibility index (Phi) is 2.68. The van der Waals surface area contributed by atoms with Gasteiger partial charge in [-0.3, -0.25) is 9.20 Å². The van der Waals surface area contributed by atoms with Crippen molar-refractivity contribution in [1.82, 2.24) is 14.4 Å². The smallest absolute Gasteiger partial charge is 0.275 e. The van der Waals surface area contributed by atoms with Crippen LogP contribution in [0.5, 0.6) is 0 Å². The summed E-state index contributed by atoms with van der Waals surface area (Å²) in [5.74, 6) is 0. The lowest BCUT2D eigenvalue weighted by Crippen LogP contribution is -2.10. The second-order valence-electron chi connectivity index (χ2n) is 4.79. The van der Waals surface area contributed by atoms with Gasteiger partial charge < -0.3 is 4.98 Å². The van der Waals surface area contributed by atoms with Crippen LogP contribution < -0.4 is 5.56 Å². The quantitative estimate of drug-likeness (QED) is 0.576. The molecule has 0 atom stereocenters. The highest BCUT2D eigenvalue weighted by atomic mass is 79.9. The minimum Gasteiger partial charge on any atom is -0.319 e. The van der Waals surface area contributed by atoms with Gasteiger partial charge in [-0.2, -0.15) is 0 Å². The Morgan fingerprint density at radius 2 is 1.81 bits per heavy atom. The van der Waals surface area contributed by atoms with Crippen LogP contribution in [0.1, 0.15) is 0 Å². The fraction of sp³-hybridized carbons (Fsp3) is 0. The van der Waals surface area contributed by atoms with E-state index in [4.69, 9.17) is 0 Å². The number of H-pyrrole nitrogens is 1. The number of fused-ring (bicyclic) bond motifs is 3. The van der Waals surface area contributed by atoms with Crippen molar-refractivity contribution in [3.8, 4) is 11.3 Å². The Labute approximate surface area is 128 Å². The van der Waals surface area contributed by atoms with Gasteiger partial charge in [-0.1, -0.05) is 40.2 Å². The van der Waals surface area contributed by atoms with Crippen molar-refractivity contribution in [2.45, 2.75) is 0 Å². The molecule has 0 radical (unpaired) electrons. The minimum atomic E-state index is -0.135. The Morgan fingerprint density at radius 3 is 2.62 bits per heavy atom. The lowest BCUT2D eigenvalue weighted by Gasteiger charge is -2.03. The van der Waals surface area contributed by atoms with Crippen molar-refractivity contribution in [3.63, 3.8) is 0 Å². The standard InChI is InChI=1S/C16H10BrN3O/c17-11-7-5-10(6-8-11)14-15-16(21)19-12-3-1-2-4-13(12)20(15)9-18-14/h1-9H,(H,19,21). The average Bonchev–Trinajstić information content (AvgIpc) is 2.94. The summed E-state index contributed by atoms with van der Waals surface area (Å²) in [6.45, 7) is 0. The van der Waals surface area contributed by atoms with E-state index >= 15 is 0 Å². The van der Waals surface area contributed by atoms with Crippen LogP contribution in [-0.4, -0.2) is 14.4 Å². The molecule has 4 aromatic rings.